The Hall–Kier alpha value is -1.32. The number of hydrogen-bond acceptors (Lipinski definition) is 2. The maximum absolute atomic E-state index is 6.38. The van der Waals surface area contributed by atoms with Crippen LogP contribution in [0.2, 0.25) is 5.02 Å². The molecule has 0 unspecified atom stereocenters. The van der Waals surface area contributed by atoms with Crippen molar-refractivity contribution >= 4 is 11.6 Å². The van der Waals surface area contributed by atoms with E-state index in [9.17, 15) is 0 Å². The van der Waals surface area contributed by atoms with Crippen LogP contribution in [-0.4, -0.2) is 15.8 Å². The first-order chi connectivity index (χ1) is 9.26. The zero-order valence-electron chi connectivity index (χ0n) is 11.1. The van der Waals surface area contributed by atoms with Crippen molar-refractivity contribution in [3.63, 3.8) is 0 Å². The van der Waals surface area contributed by atoms with Crippen LogP contribution >= 0.6 is 11.6 Å². The molecule has 1 aromatic heterocycles. The van der Waals surface area contributed by atoms with Crippen LogP contribution in [0, 0.1) is 0 Å². The topological polar surface area (TPSA) is 29.9 Å². The van der Waals surface area contributed by atoms with Crippen LogP contribution < -0.4 is 5.32 Å². The number of halogens is 1. The second-order valence-electron chi connectivity index (χ2n) is 5.05. The summed E-state index contributed by atoms with van der Waals surface area (Å²) < 4.78 is 1.91. The summed E-state index contributed by atoms with van der Waals surface area (Å²) in [6.45, 7) is 3.85. The van der Waals surface area contributed by atoms with E-state index in [2.05, 4.69) is 35.5 Å². The third-order valence-electron chi connectivity index (χ3n) is 3.47. The van der Waals surface area contributed by atoms with Gasteiger partial charge in [-0.2, -0.15) is 5.10 Å². The van der Waals surface area contributed by atoms with Crippen molar-refractivity contribution in [2.75, 3.05) is 0 Å². The standard InChI is InChI=1S/C15H18ClN3/c1-2-19-10-12(9-18-19)14-6-3-11(7-15(14)16)8-17-13-4-5-13/h3,6-7,9-10,13,17H,2,4-5,8H2,1H3. The second kappa shape index (κ2) is 5.35. The summed E-state index contributed by atoms with van der Waals surface area (Å²) in [5.41, 5.74) is 3.37. The number of hydrogen-bond donors (Lipinski definition) is 1. The van der Waals surface area contributed by atoms with E-state index in [1.807, 2.05) is 17.1 Å². The Morgan fingerprint density at radius 1 is 1.42 bits per heavy atom. The Morgan fingerprint density at radius 3 is 2.89 bits per heavy atom. The Balaban J connectivity index is 1.77. The molecule has 1 N–H and O–H groups in total. The fraction of sp³-hybridized carbons (Fsp3) is 0.400. The van der Waals surface area contributed by atoms with E-state index < -0.39 is 0 Å². The highest BCUT2D eigenvalue weighted by molar-refractivity contribution is 6.33. The minimum Gasteiger partial charge on any atom is -0.310 e. The van der Waals surface area contributed by atoms with Gasteiger partial charge in [-0.1, -0.05) is 23.7 Å². The summed E-state index contributed by atoms with van der Waals surface area (Å²) >= 11 is 6.38. The molecule has 1 heterocycles. The van der Waals surface area contributed by atoms with Crippen molar-refractivity contribution in [2.45, 2.75) is 38.9 Å². The summed E-state index contributed by atoms with van der Waals surface area (Å²) in [4.78, 5) is 0. The molecule has 1 aliphatic carbocycles. The number of nitrogens with zero attached hydrogens (tertiary/aromatic N) is 2. The minimum atomic E-state index is 0.723. The summed E-state index contributed by atoms with van der Waals surface area (Å²) in [5, 5.41) is 8.58. The fourth-order valence-electron chi connectivity index (χ4n) is 2.13. The van der Waals surface area contributed by atoms with Crippen molar-refractivity contribution in [3.05, 3.63) is 41.2 Å². The molecule has 3 nitrogen and oxygen atoms in total. The first-order valence-corrected chi connectivity index (χ1v) is 7.18. The summed E-state index contributed by atoms with van der Waals surface area (Å²) in [6, 6.07) is 7.00. The molecule has 2 aromatic rings. The lowest BCUT2D eigenvalue weighted by molar-refractivity contribution is 0.660. The van der Waals surface area contributed by atoms with Crippen molar-refractivity contribution in [1.82, 2.24) is 15.1 Å². The van der Waals surface area contributed by atoms with E-state index in [1.54, 1.807) is 0 Å². The molecule has 0 radical (unpaired) electrons. The normalized spacial score (nSPS) is 14.8. The molecule has 100 valence electrons. The lowest BCUT2D eigenvalue weighted by Crippen LogP contribution is -2.15. The lowest BCUT2D eigenvalue weighted by Gasteiger charge is -2.06. The van der Waals surface area contributed by atoms with Crippen LogP contribution in [-0.2, 0) is 13.1 Å². The fourth-order valence-corrected chi connectivity index (χ4v) is 2.44. The number of benzene rings is 1. The Labute approximate surface area is 118 Å². The maximum atomic E-state index is 6.38. The van der Waals surface area contributed by atoms with E-state index in [0.29, 0.717) is 0 Å². The van der Waals surface area contributed by atoms with Gasteiger partial charge in [0.25, 0.3) is 0 Å². The second-order valence-corrected chi connectivity index (χ2v) is 5.46. The van der Waals surface area contributed by atoms with Crippen LogP contribution in [0.5, 0.6) is 0 Å². The molecule has 1 fully saturated rings. The third-order valence-corrected chi connectivity index (χ3v) is 3.79. The number of aromatic nitrogens is 2. The smallest absolute Gasteiger partial charge is 0.0568 e. The zero-order valence-corrected chi connectivity index (χ0v) is 11.8. The molecule has 0 aliphatic heterocycles. The molecular weight excluding hydrogens is 258 g/mol. The first-order valence-electron chi connectivity index (χ1n) is 6.81. The van der Waals surface area contributed by atoms with Gasteiger partial charge in [-0.15, -0.1) is 0 Å². The molecule has 1 aliphatic rings. The molecule has 0 bridgehead atoms. The highest BCUT2D eigenvalue weighted by Gasteiger charge is 2.20. The molecule has 3 rings (SSSR count). The average molecular weight is 276 g/mol. The van der Waals surface area contributed by atoms with Crippen molar-refractivity contribution in [1.29, 1.82) is 0 Å². The molecule has 0 saturated heterocycles. The van der Waals surface area contributed by atoms with Gasteiger partial charge < -0.3 is 5.32 Å². The summed E-state index contributed by atoms with van der Waals surface area (Å²) in [5.74, 6) is 0. The van der Waals surface area contributed by atoms with Gasteiger partial charge in [0, 0.05) is 41.5 Å². The Kier molecular flexibility index (Phi) is 3.58. The largest absolute Gasteiger partial charge is 0.310 e. The predicted molar refractivity (Wildman–Crippen MR) is 78.2 cm³/mol. The Morgan fingerprint density at radius 2 is 2.26 bits per heavy atom. The molecule has 1 aromatic carbocycles. The minimum absolute atomic E-state index is 0.723. The Bertz CT molecular complexity index is 573. The quantitative estimate of drug-likeness (QED) is 0.905. The molecule has 1 saturated carbocycles. The SMILES string of the molecule is CCn1cc(-c2ccc(CNC3CC3)cc2Cl)cn1. The van der Waals surface area contributed by atoms with Crippen molar-refractivity contribution < 1.29 is 0 Å². The summed E-state index contributed by atoms with van der Waals surface area (Å²) in [7, 11) is 0. The van der Waals surface area contributed by atoms with Gasteiger partial charge in [0.1, 0.15) is 0 Å². The average Bonchev–Trinajstić information content (AvgIpc) is 3.13. The van der Waals surface area contributed by atoms with Gasteiger partial charge in [-0.05, 0) is 31.4 Å². The van der Waals surface area contributed by atoms with Crippen molar-refractivity contribution in [2.24, 2.45) is 0 Å². The van der Waals surface area contributed by atoms with Crippen LogP contribution in [0.25, 0.3) is 11.1 Å². The highest BCUT2D eigenvalue weighted by atomic mass is 35.5. The van der Waals surface area contributed by atoms with Gasteiger partial charge in [-0.3, -0.25) is 4.68 Å². The maximum Gasteiger partial charge on any atom is 0.0568 e. The molecule has 19 heavy (non-hydrogen) atoms. The number of rotatable bonds is 5. The van der Waals surface area contributed by atoms with Crippen LogP contribution in [0.1, 0.15) is 25.3 Å². The number of aryl methyl sites for hydroxylation is 1. The van der Waals surface area contributed by atoms with E-state index >= 15 is 0 Å². The predicted octanol–water partition coefficient (Wildman–Crippen LogP) is 3.48. The number of nitrogens with one attached hydrogen (secondary N) is 1. The summed E-state index contributed by atoms with van der Waals surface area (Å²) in [6.07, 6.45) is 6.51. The first kappa shape index (κ1) is 12.7. The van der Waals surface area contributed by atoms with Gasteiger partial charge in [0.05, 0.1) is 6.20 Å². The van der Waals surface area contributed by atoms with E-state index in [0.717, 1.165) is 35.3 Å². The van der Waals surface area contributed by atoms with Crippen LogP contribution in [0.4, 0.5) is 0 Å². The molecule has 0 amide bonds. The van der Waals surface area contributed by atoms with E-state index in [1.165, 1.54) is 18.4 Å². The van der Waals surface area contributed by atoms with Crippen LogP contribution in [0.3, 0.4) is 0 Å². The van der Waals surface area contributed by atoms with Crippen LogP contribution in [0.15, 0.2) is 30.6 Å². The van der Waals surface area contributed by atoms with Gasteiger partial charge in [0.15, 0.2) is 0 Å². The van der Waals surface area contributed by atoms with Gasteiger partial charge in [-0.25, -0.2) is 0 Å². The molecule has 4 heteroatoms. The zero-order chi connectivity index (χ0) is 13.2. The molecule has 0 atom stereocenters. The highest BCUT2D eigenvalue weighted by Crippen LogP contribution is 2.29. The monoisotopic (exact) mass is 275 g/mol. The third kappa shape index (κ3) is 2.99. The molecular formula is C15H18ClN3. The molecule has 0 spiro atoms. The van der Waals surface area contributed by atoms with E-state index in [-0.39, 0.29) is 0 Å². The van der Waals surface area contributed by atoms with E-state index in [4.69, 9.17) is 11.6 Å². The van der Waals surface area contributed by atoms with Gasteiger partial charge in [0.2, 0.25) is 0 Å². The van der Waals surface area contributed by atoms with Gasteiger partial charge >= 0.3 is 0 Å². The lowest BCUT2D eigenvalue weighted by atomic mass is 10.1. The van der Waals surface area contributed by atoms with Crippen molar-refractivity contribution in [3.8, 4) is 11.1 Å².